The van der Waals surface area contributed by atoms with Crippen molar-refractivity contribution in [2.75, 3.05) is 50.8 Å². The van der Waals surface area contributed by atoms with Crippen LogP contribution in [0.3, 0.4) is 0 Å². The molecule has 1 amide bonds. The number of hydrazine groups is 1. The molecule has 1 unspecified atom stereocenters. The Morgan fingerprint density at radius 3 is 2.87 bits per heavy atom. The molecule has 126 valence electrons. The number of halogens is 2. The molecule has 0 spiro atoms. The molecule has 2 N–H and O–H groups in total. The van der Waals surface area contributed by atoms with Gasteiger partial charge in [-0.05, 0) is 12.5 Å². The van der Waals surface area contributed by atoms with Crippen molar-refractivity contribution in [1.29, 1.82) is 0 Å². The first-order valence-corrected chi connectivity index (χ1v) is 8.28. The molecule has 1 aromatic rings. The van der Waals surface area contributed by atoms with Gasteiger partial charge in [-0.2, -0.15) is 0 Å². The number of aromatic nitrogens is 1. The molecule has 0 saturated carbocycles. The number of amides is 1. The van der Waals surface area contributed by atoms with Gasteiger partial charge in [0.15, 0.2) is 0 Å². The lowest BCUT2D eigenvalue weighted by atomic mass is 10.1. The number of hydrogen-bond acceptors (Lipinski definition) is 5. The molecule has 6 nitrogen and oxygen atoms in total. The maximum Gasteiger partial charge on any atom is 0.285 e. The number of carbonyl (C=O) groups excluding carboxylic acids is 1. The van der Waals surface area contributed by atoms with Crippen molar-refractivity contribution in [3.8, 4) is 0 Å². The molecule has 2 aliphatic rings. The monoisotopic (exact) mass is 341 g/mol. The fourth-order valence-corrected chi connectivity index (χ4v) is 3.19. The first-order valence-electron chi connectivity index (χ1n) is 7.90. The van der Waals surface area contributed by atoms with Crippen LogP contribution >= 0.6 is 11.6 Å². The average molecular weight is 342 g/mol. The summed E-state index contributed by atoms with van der Waals surface area (Å²) in [6, 6.07) is 1.78. The van der Waals surface area contributed by atoms with Crippen molar-refractivity contribution in [2.45, 2.75) is 6.42 Å². The minimum atomic E-state index is -0.356. The van der Waals surface area contributed by atoms with Crippen LogP contribution in [-0.2, 0) is 0 Å². The Kier molecular flexibility index (Phi) is 5.30. The van der Waals surface area contributed by atoms with Gasteiger partial charge in [0.25, 0.3) is 5.91 Å². The third kappa shape index (κ3) is 3.91. The van der Waals surface area contributed by atoms with Crippen LogP contribution < -0.4 is 15.6 Å². The number of alkyl halides is 1. The Morgan fingerprint density at radius 1 is 1.43 bits per heavy atom. The summed E-state index contributed by atoms with van der Waals surface area (Å²) < 4.78 is 12.6. The minimum Gasteiger partial charge on any atom is -0.368 e. The molecule has 2 fully saturated rings. The van der Waals surface area contributed by atoms with Gasteiger partial charge in [0.05, 0.1) is 23.6 Å². The summed E-state index contributed by atoms with van der Waals surface area (Å²) >= 11 is 6.24. The Morgan fingerprint density at radius 2 is 2.22 bits per heavy atom. The average Bonchev–Trinajstić information content (AvgIpc) is 3.03. The van der Waals surface area contributed by atoms with Gasteiger partial charge in [-0.25, -0.2) is 9.99 Å². The summed E-state index contributed by atoms with van der Waals surface area (Å²) in [4.78, 5) is 18.7. The van der Waals surface area contributed by atoms with E-state index in [2.05, 4.69) is 20.6 Å². The molecule has 0 aliphatic carbocycles. The predicted molar refractivity (Wildman–Crippen MR) is 87.5 cm³/mol. The lowest BCUT2D eigenvalue weighted by Gasteiger charge is -2.29. The highest BCUT2D eigenvalue weighted by molar-refractivity contribution is 6.33. The van der Waals surface area contributed by atoms with Gasteiger partial charge < -0.3 is 10.2 Å². The zero-order chi connectivity index (χ0) is 16.2. The third-order valence-corrected chi connectivity index (χ3v) is 4.58. The van der Waals surface area contributed by atoms with Crippen LogP contribution in [0.4, 0.5) is 10.1 Å². The van der Waals surface area contributed by atoms with E-state index in [0.717, 1.165) is 38.3 Å². The number of pyridine rings is 1. The van der Waals surface area contributed by atoms with Gasteiger partial charge in [0.1, 0.15) is 5.69 Å². The van der Waals surface area contributed by atoms with Crippen LogP contribution in [0.15, 0.2) is 12.3 Å². The van der Waals surface area contributed by atoms with E-state index < -0.39 is 0 Å². The lowest BCUT2D eigenvalue weighted by Crippen LogP contribution is -2.43. The summed E-state index contributed by atoms with van der Waals surface area (Å²) in [5.74, 6) is -0.352. The third-order valence-electron chi connectivity index (χ3n) is 4.29. The number of nitrogens with zero attached hydrogens (tertiary/aromatic N) is 3. The molecule has 3 heterocycles. The number of piperazine rings is 1. The number of rotatable bonds is 4. The van der Waals surface area contributed by atoms with Gasteiger partial charge >= 0.3 is 0 Å². The zero-order valence-corrected chi connectivity index (χ0v) is 13.7. The summed E-state index contributed by atoms with van der Waals surface area (Å²) in [5.41, 5.74) is 3.88. The van der Waals surface area contributed by atoms with Crippen LogP contribution in [-0.4, -0.2) is 61.8 Å². The number of nitrogens with one attached hydrogen (secondary N) is 2. The molecular formula is C15H21ClFN5O. The molecule has 8 heteroatoms. The van der Waals surface area contributed by atoms with E-state index in [1.807, 2.05) is 0 Å². The van der Waals surface area contributed by atoms with Gasteiger partial charge in [-0.1, -0.05) is 11.6 Å². The second kappa shape index (κ2) is 7.42. The van der Waals surface area contributed by atoms with E-state index in [4.69, 9.17) is 11.6 Å². The molecule has 1 aromatic heterocycles. The molecule has 0 aromatic carbocycles. The molecule has 23 heavy (non-hydrogen) atoms. The van der Waals surface area contributed by atoms with E-state index in [0.29, 0.717) is 18.1 Å². The molecule has 0 radical (unpaired) electrons. The van der Waals surface area contributed by atoms with E-state index in [9.17, 15) is 9.18 Å². The van der Waals surface area contributed by atoms with Crippen molar-refractivity contribution in [1.82, 2.24) is 20.7 Å². The van der Waals surface area contributed by atoms with Crippen LogP contribution in [0.1, 0.15) is 16.9 Å². The Balaban J connectivity index is 1.64. The Hall–Kier alpha value is -1.44. The number of hydrogen-bond donors (Lipinski definition) is 2. The Bertz CT molecular complexity index is 567. The smallest absolute Gasteiger partial charge is 0.285 e. The maximum atomic E-state index is 12.6. The summed E-state index contributed by atoms with van der Waals surface area (Å²) in [6.45, 7) is 4.44. The second-order valence-electron chi connectivity index (χ2n) is 5.96. The molecule has 0 bridgehead atoms. The SMILES string of the molecule is O=C(NN1CCC(CF)C1)c1ncc(N2CCNCC2)cc1Cl. The Labute approximate surface area is 140 Å². The molecule has 1 atom stereocenters. The zero-order valence-electron chi connectivity index (χ0n) is 12.9. The van der Waals surface area contributed by atoms with Crippen LogP contribution in [0, 0.1) is 5.92 Å². The summed E-state index contributed by atoms with van der Waals surface area (Å²) in [6.07, 6.45) is 2.43. The largest absolute Gasteiger partial charge is 0.368 e. The van der Waals surface area contributed by atoms with E-state index in [-0.39, 0.29) is 24.2 Å². The van der Waals surface area contributed by atoms with Crippen LogP contribution in [0.5, 0.6) is 0 Å². The normalized spacial score (nSPS) is 22.3. The van der Waals surface area contributed by atoms with E-state index >= 15 is 0 Å². The topological polar surface area (TPSA) is 60.5 Å². The van der Waals surface area contributed by atoms with Crippen molar-refractivity contribution < 1.29 is 9.18 Å². The molecular weight excluding hydrogens is 321 g/mol. The molecule has 3 rings (SSSR count). The standard InChI is InChI=1S/C15H21ClFN5O/c16-13-7-12(21-5-2-18-3-6-21)9-19-14(13)15(23)20-22-4-1-11(8-17)10-22/h7,9,11,18H,1-6,8,10H2,(H,20,23). The van der Waals surface area contributed by atoms with Gasteiger partial charge in [0, 0.05) is 45.2 Å². The van der Waals surface area contributed by atoms with Crippen LogP contribution in [0.2, 0.25) is 5.02 Å². The number of anilines is 1. The predicted octanol–water partition coefficient (Wildman–Crippen LogP) is 1.08. The fraction of sp³-hybridized carbons (Fsp3) is 0.600. The second-order valence-corrected chi connectivity index (χ2v) is 6.36. The van der Waals surface area contributed by atoms with E-state index in [1.165, 1.54) is 0 Å². The van der Waals surface area contributed by atoms with Gasteiger partial charge in [-0.15, -0.1) is 0 Å². The van der Waals surface area contributed by atoms with E-state index in [1.54, 1.807) is 17.3 Å². The first kappa shape index (κ1) is 16.4. The highest BCUT2D eigenvalue weighted by Gasteiger charge is 2.25. The number of carbonyl (C=O) groups is 1. The molecule has 2 saturated heterocycles. The fourth-order valence-electron chi connectivity index (χ4n) is 2.95. The lowest BCUT2D eigenvalue weighted by molar-refractivity contribution is 0.0813. The minimum absolute atomic E-state index is 0.00572. The van der Waals surface area contributed by atoms with Gasteiger partial charge in [0.2, 0.25) is 0 Å². The summed E-state index contributed by atoms with van der Waals surface area (Å²) in [7, 11) is 0. The van der Waals surface area contributed by atoms with Crippen molar-refractivity contribution in [3.63, 3.8) is 0 Å². The van der Waals surface area contributed by atoms with Crippen molar-refractivity contribution in [2.24, 2.45) is 5.92 Å². The first-order chi connectivity index (χ1) is 11.2. The van der Waals surface area contributed by atoms with Gasteiger partial charge in [-0.3, -0.25) is 14.6 Å². The highest BCUT2D eigenvalue weighted by atomic mass is 35.5. The highest BCUT2D eigenvalue weighted by Crippen LogP contribution is 2.22. The maximum absolute atomic E-state index is 12.6. The van der Waals surface area contributed by atoms with Crippen LogP contribution in [0.25, 0.3) is 0 Å². The van der Waals surface area contributed by atoms with Crippen molar-refractivity contribution in [3.05, 3.63) is 23.0 Å². The quantitative estimate of drug-likeness (QED) is 0.858. The van der Waals surface area contributed by atoms with Crippen molar-refractivity contribution >= 4 is 23.2 Å². The molecule has 2 aliphatic heterocycles. The summed E-state index contributed by atoms with van der Waals surface area (Å²) in [5, 5.41) is 5.35.